The normalized spacial score (nSPS) is 10.4. The Morgan fingerprint density at radius 3 is 2.39 bits per heavy atom. The molecule has 0 fully saturated rings. The molecule has 1 amide bonds. The van der Waals surface area contributed by atoms with Crippen LogP contribution in [0.3, 0.4) is 0 Å². The zero-order valence-electron chi connectivity index (χ0n) is 17.8. The highest BCUT2D eigenvalue weighted by Crippen LogP contribution is 2.40. The number of pyridine rings is 1. The molecule has 0 radical (unpaired) electrons. The number of aryl methyl sites for hydroxylation is 1. The van der Waals surface area contributed by atoms with Crippen molar-refractivity contribution < 1.29 is 23.0 Å². The minimum Gasteiger partial charge on any atom is -0.490 e. The van der Waals surface area contributed by atoms with Gasteiger partial charge in [-0.2, -0.15) is 0 Å². The van der Waals surface area contributed by atoms with Crippen molar-refractivity contribution in [3.63, 3.8) is 0 Å². The maximum atomic E-state index is 14.2. The van der Waals surface area contributed by atoms with Crippen LogP contribution in [0, 0.1) is 11.6 Å². The Balaban J connectivity index is 0.00000385. The fourth-order valence-electron chi connectivity index (χ4n) is 2.94. The van der Waals surface area contributed by atoms with Gasteiger partial charge in [0.25, 0.3) is 5.56 Å². The van der Waals surface area contributed by atoms with E-state index >= 15 is 0 Å². The lowest BCUT2D eigenvalue weighted by molar-refractivity contribution is -0.111. The quantitative estimate of drug-likeness (QED) is 0.465. The van der Waals surface area contributed by atoms with E-state index in [2.05, 4.69) is 11.9 Å². The second kappa shape index (κ2) is 10.6. The van der Waals surface area contributed by atoms with E-state index < -0.39 is 17.5 Å². The van der Waals surface area contributed by atoms with Crippen LogP contribution in [0.5, 0.6) is 17.2 Å². The number of benzene rings is 2. The largest absolute Gasteiger partial charge is 0.490 e. The maximum absolute atomic E-state index is 14.2. The zero-order chi connectivity index (χ0) is 23.4. The number of halogens is 2. The molecule has 3 aromatic rings. The second-order valence-corrected chi connectivity index (χ2v) is 7.25. The van der Waals surface area contributed by atoms with Gasteiger partial charge in [-0.25, -0.2) is 8.78 Å². The van der Waals surface area contributed by atoms with Gasteiger partial charge in [-0.1, -0.05) is 14.0 Å². The van der Waals surface area contributed by atoms with Crippen LogP contribution in [0.1, 0.15) is 21.3 Å². The highest BCUT2D eigenvalue weighted by molar-refractivity contribution is 5.99. The van der Waals surface area contributed by atoms with E-state index in [0.717, 1.165) is 12.1 Å². The lowest BCUT2D eigenvalue weighted by Crippen LogP contribution is -2.17. The number of anilines is 1. The lowest BCUT2D eigenvalue weighted by atomic mass is 10.0. The standard InChI is InChI=1S/C24H22F2N2O4.CH4/c1-5-23(29)27-16-7-9-20(32-21-8-6-15(25)10-19(21)26)17(11-16)18-13-28(4)24(30)12-22(18)31-14(2)3;/h5-14H,1H2,2-4H3,(H,27,29);1H4. The SMILES string of the molecule is C.C=CC(=O)Nc1ccc(Oc2ccc(F)cc2F)c(-c2cn(C)c(=O)cc2OC(C)C)c1. The minimum atomic E-state index is -0.876. The number of carbonyl (C=O) groups is 1. The van der Waals surface area contributed by atoms with Gasteiger partial charge in [0, 0.05) is 42.2 Å². The predicted octanol–water partition coefficient (Wildman–Crippen LogP) is 5.67. The molecular formula is C25H26F2N2O4. The van der Waals surface area contributed by atoms with Crippen molar-refractivity contribution in [2.75, 3.05) is 5.32 Å². The molecule has 0 aliphatic carbocycles. The van der Waals surface area contributed by atoms with Crippen LogP contribution in [0.15, 0.2) is 66.1 Å². The van der Waals surface area contributed by atoms with Crippen molar-refractivity contribution in [2.45, 2.75) is 27.4 Å². The van der Waals surface area contributed by atoms with Gasteiger partial charge >= 0.3 is 0 Å². The summed E-state index contributed by atoms with van der Waals surface area (Å²) in [5, 5.41) is 2.65. The van der Waals surface area contributed by atoms with E-state index in [1.807, 2.05) is 13.8 Å². The molecule has 0 bridgehead atoms. The number of nitrogens with one attached hydrogen (secondary N) is 1. The zero-order valence-corrected chi connectivity index (χ0v) is 17.8. The first kappa shape index (κ1) is 25.3. The van der Waals surface area contributed by atoms with Crippen LogP contribution in [0.4, 0.5) is 14.5 Å². The topological polar surface area (TPSA) is 69.6 Å². The Hall–Kier alpha value is -3.94. The number of nitrogens with zero attached hydrogens (tertiary/aromatic N) is 1. The van der Waals surface area contributed by atoms with Crippen LogP contribution >= 0.6 is 0 Å². The molecule has 1 N–H and O–H groups in total. The van der Waals surface area contributed by atoms with E-state index in [1.54, 1.807) is 25.4 Å². The van der Waals surface area contributed by atoms with Gasteiger partial charge in [-0.3, -0.25) is 9.59 Å². The molecule has 0 unspecified atom stereocenters. The van der Waals surface area contributed by atoms with Gasteiger partial charge in [0.2, 0.25) is 5.91 Å². The summed E-state index contributed by atoms with van der Waals surface area (Å²) in [6, 6.07) is 9.00. The van der Waals surface area contributed by atoms with Crippen LogP contribution in [-0.2, 0) is 11.8 Å². The molecule has 0 saturated heterocycles. The third-order valence-corrected chi connectivity index (χ3v) is 4.39. The summed E-state index contributed by atoms with van der Waals surface area (Å²) >= 11 is 0. The number of aromatic nitrogens is 1. The molecule has 3 rings (SSSR count). The highest BCUT2D eigenvalue weighted by atomic mass is 19.1. The second-order valence-electron chi connectivity index (χ2n) is 7.25. The molecule has 2 aromatic carbocycles. The summed E-state index contributed by atoms with van der Waals surface area (Å²) in [5.41, 5.74) is 1.03. The molecule has 0 atom stereocenters. The van der Waals surface area contributed by atoms with Crippen molar-refractivity contribution in [3.8, 4) is 28.4 Å². The number of ether oxygens (including phenoxy) is 2. The van der Waals surface area contributed by atoms with Crippen molar-refractivity contribution in [2.24, 2.45) is 7.05 Å². The summed E-state index contributed by atoms with van der Waals surface area (Å²) in [5.74, 6) is -1.72. The molecule has 0 spiro atoms. The summed E-state index contributed by atoms with van der Waals surface area (Å²) in [7, 11) is 1.58. The first-order valence-electron chi connectivity index (χ1n) is 9.76. The maximum Gasteiger partial charge on any atom is 0.254 e. The summed E-state index contributed by atoms with van der Waals surface area (Å²) in [6.45, 7) is 7.05. The molecule has 0 aliphatic rings. The van der Waals surface area contributed by atoms with E-state index in [0.29, 0.717) is 28.6 Å². The van der Waals surface area contributed by atoms with Gasteiger partial charge in [-0.15, -0.1) is 0 Å². The van der Waals surface area contributed by atoms with Gasteiger partial charge in [-0.05, 0) is 50.3 Å². The minimum absolute atomic E-state index is 0. The molecule has 1 heterocycles. The molecule has 0 saturated carbocycles. The third kappa shape index (κ3) is 6.06. The van der Waals surface area contributed by atoms with Gasteiger partial charge in [0.15, 0.2) is 11.6 Å². The van der Waals surface area contributed by atoms with Crippen molar-refractivity contribution in [1.29, 1.82) is 0 Å². The number of rotatable bonds is 7. The average Bonchev–Trinajstić information content (AvgIpc) is 2.73. The van der Waals surface area contributed by atoms with Crippen LogP contribution in [0.25, 0.3) is 11.1 Å². The predicted molar refractivity (Wildman–Crippen MR) is 125 cm³/mol. The Morgan fingerprint density at radius 2 is 1.76 bits per heavy atom. The van der Waals surface area contributed by atoms with E-state index in [1.165, 1.54) is 22.8 Å². The lowest BCUT2D eigenvalue weighted by Gasteiger charge is -2.19. The van der Waals surface area contributed by atoms with Gasteiger partial charge in [0.05, 0.1) is 6.10 Å². The van der Waals surface area contributed by atoms with Crippen molar-refractivity contribution in [3.05, 3.63) is 83.3 Å². The molecule has 6 nitrogen and oxygen atoms in total. The third-order valence-electron chi connectivity index (χ3n) is 4.39. The Bertz CT molecular complexity index is 1240. The fraction of sp³-hybridized carbons (Fsp3) is 0.200. The van der Waals surface area contributed by atoms with Crippen LogP contribution in [0.2, 0.25) is 0 Å². The number of amides is 1. The number of carbonyl (C=O) groups excluding carboxylic acids is 1. The fourth-order valence-corrected chi connectivity index (χ4v) is 2.94. The van der Waals surface area contributed by atoms with Gasteiger partial charge in [0.1, 0.15) is 17.3 Å². The molecule has 33 heavy (non-hydrogen) atoms. The smallest absolute Gasteiger partial charge is 0.254 e. The van der Waals surface area contributed by atoms with Gasteiger partial charge < -0.3 is 19.4 Å². The highest BCUT2D eigenvalue weighted by Gasteiger charge is 2.18. The van der Waals surface area contributed by atoms with Crippen molar-refractivity contribution >= 4 is 11.6 Å². The number of hydrogen-bond donors (Lipinski definition) is 1. The van der Waals surface area contributed by atoms with E-state index in [4.69, 9.17) is 9.47 Å². The first-order valence-corrected chi connectivity index (χ1v) is 9.76. The van der Waals surface area contributed by atoms with E-state index in [9.17, 15) is 18.4 Å². The number of hydrogen-bond acceptors (Lipinski definition) is 4. The van der Waals surface area contributed by atoms with E-state index in [-0.39, 0.29) is 30.6 Å². The average molecular weight is 456 g/mol. The molecule has 0 aliphatic heterocycles. The molecule has 8 heteroatoms. The Morgan fingerprint density at radius 1 is 1.06 bits per heavy atom. The summed E-state index contributed by atoms with van der Waals surface area (Å²) in [4.78, 5) is 24.0. The van der Waals surface area contributed by atoms with Crippen LogP contribution in [-0.4, -0.2) is 16.6 Å². The van der Waals surface area contributed by atoms with Crippen LogP contribution < -0.4 is 20.3 Å². The first-order chi connectivity index (χ1) is 15.2. The Labute approximate surface area is 191 Å². The monoisotopic (exact) mass is 456 g/mol. The summed E-state index contributed by atoms with van der Waals surface area (Å²) in [6.07, 6.45) is 2.45. The molecule has 1 aromatic heterocycles. The molecule has 174 valence electrons. The Kier molecular flexibility index (Phi) is 8.12. The van der Waals surface area contributed by atoms with Crippen molar-refractivity contribution in [1.82, 2.24) is 4.57 Å². The summed E-state index contributed by atoms with van der Waals surface area (Å²) < 4.78 is 40.5. The molecular weight excluding hydrogens is 430 g/mol.